The lowest BCUT2D eigenvalue weighted by molar-refractivity contribution is -0.908. The van der Waals surface area contributed by atoms with E-state index in [-0.39, 0.29) is 79.3 Å². The van der Waals surface area contributed by atoms with Crippen LogP contribution in [0.15, 0.2) is 0 Å². The lowest BCUT2D eigenvalue weighted by Crippen LogP contribution is -3.14. The molecule has 0 radical (unpaired) electrons. The summed E-state index contributed by atoms with van der Waals surface area (Å²) in [4.78, 5) is 69.5. The van der Waals surface area contributed by atoms with Crippen molar-refractivity contribution < 1.29 is 38.3 Å². The number of nitrogens with zero attached hydrogens (tertiary/aromatic N) is 2. The van der Waals surface area contributed by atoms with E-state index in [1.165, 1.54) is 29.1 Å². The number of likely N-dealkylation sites (N-methyl/N-ethyl adjacent to an activating group) is 1. The molecule has 0 spiro atoms. The number of nitrogens with one attached hydrogen (secondary N) is 4. The van der Waals surface area contributed by atoms with Crippen LogP contribution in [-0.4, -0.2) is 123 Å². The Labute approximate surface area is 285 Å². The zero-order chi connectivity index (χ0) is 34.0. The molecule has 5 atom stereocenters. The average molecular weight is 676 g/mol. The minimum Gasteiger partial charge on any atom is -0.460 e. The number of fused-ring (bicyclic) bond motifs is 1. The number of carbonyl (C=O) groups is 5. The molecule has 3 saturated carbocycles. The molecule has 5 aliphatic rings. The second kappa shape index (κ2) is 17.6. The number of esters is 1. The SMILES string of the molecule is CC1CCCCC1NC(=O)NC1CCC(CC(=O)NC2CCC3C(C2)C(=O)N(CCC(=O)OCC[NH+]2CCOCC2)CC(=O)N3C)CC1. The molecule has 3 aliphatic carbocycles. The van der Waals surface area contributed by atoms with E-state index < -0.39 is 5.92 Å². The summed E-state index contributed by atoms with van der Waals surface area (Å²) in [6.45, 7) is 6.60. The zero-order valence-electron chi connectivity index (χ0n) is 29.1. The number of carbonyl (C=O) groups excluding carboxylic acids is 5. The molecule has 0 aromatic rings. The number of quaternary nitrogens is 1. The third-order valence-electron chi connectivity index (χ3n) is 11.6. The first-order valence-corrected chi connectivity index (χ1v) is 18.6. The lowest BCUT2D eigenvalue weighted by atomic mass is 9.79. The van der Waals surface area contributed by atoms with Crippen molar-refractivity contribution in [2.24, 2.45) is 17.8 Å². The number of hydrogen-bond donors (Lipinski definition) is 4. The summed E-state index contributed by atoms with van der Waals surface area (Å²) in [6, 6.07) is -0.0212. The van der Waals surface area contributed by atoms with Crippen LogP contribution >= 0.6 is 0 Å². The maximum atomic E-state index is 13.7. The molecule has 2 aliphatic heterocycles. The Kier molecular flexibility index (Phi) is 13.4. The van der Waals surface area contributed by atoms with Crippen LogP contribution in [0.2, 0.25) is 0 Å². The normalized spacial score (nSPS) is 31.8. The summed E-state index contributed by atoms with van der Waals surface area (Å²) in [6.07, 6.45) is 10.5. The monoisotopic (exact) mass is 675 g/mol. The third kappa shape index (κ3) is 10.3. The van der Waals surface area contributed by atoms with Crippen LogP contribution in [0.5, 0.6) is 0 Å². The first-order chi connectivity index (χ1) is 23.2. The van der Waals surface area contributed by atoms with Crippen LogP contribution in [0.25, 0.3) is 0 Å². The molecule has 5 amide bonds. The molecule has 270 valence electrons. The molecule has 5 rings (SSSR count). The molecular formula is C35H59N6O7+. The first kappa shape index (κ1) is 36.4. The number of ether oxygens (including phenoxy) is 2. The second-order valence-corrected chi connectivity index (χ2v) is 15.0. The topological polar surface area (TPSA) is 151 Å². The number of amides is 5. The van der Waals surface area contributed by atoms with Gasteiger partial charge in [0.25, 0.3) is 0 Å². The van der Waals surface area contributed by atoms with E-state index in [1.807, 2.05) is 0 Å². The van der Waals surface area contributed by atoms with Gasteiger partial charge in [-0.25, -0.2) is 4.79 Å². The van der Waals surface area contributed by atoms with Crippen LogP contribution in [0, 0.1) is 17.8 Å². The largest absolute Gasteiger partial charge is 0.460 e. The maximum Gasteiger partial charge on any atom is 0.315 e. The Hall–Kier alpha value is -2.93. The Bertz CT molecular complexity index is 1120. The van der Waals surface area contributed by atoms with Gasteiger partial charge in [-0.1, -0.05) is 19.8 Å². The Morgan fingerprint density at radius 1 is 0.917 bits per heavy atom. The third-order valence-corrected chi connectivity index (χ3v) is 11.6. The van der Waals surface area contributed by atoms with Crippen LogP contribution in [0.3, 0.4) is 0 Å². The minimum absolute atomic E-state index is 0.00269. The fourth-order valence-electron chi connectivity index (χ4n) is 8.48. The highest BCUT2D eigenvalue weighted by atomic mass is 16.5. The number of rotatable bonds is 11. The van der Waals surface area contributed by atoms with Crippen molar-refractivity contribution in [2.75, 3.05) is 59.6 Å². The van der Waals surface area contributed by atoms with Crippen LogP contribution in [0.1, 0.15) is 90.4 Å². The summed E-state index contributed by atoms with van der Waals surface area (Å²) in [5.74, 6) is -0.260. The van der Waals surface area contributed by atoms with Crippen LogP contribution in [-0.2, 0) is 28.7 Å². The standard InChI is InChI=1S/C35H58N6O7/c1-24-5-3-4-6-29(24)38-35(46)37-26-9-7-25(8-10-26)21-31(42)36-27-11-12-30-28(22-27)34(45)41(23-32(43)39(30)2)14-13-33(44)48-20-17-40-15-18-47-19-16-40/h24-30H,3-23H2,1-2H3,(H,36,42)(H2,37,38,46)/p+1. The number of urea groups is 1. The molecule has 0 bridgehead atoms. The molecule has 13 nitrogen and oxygen atoms in total. The van der Waals surface area contributed by atoms with Gasteiger partial charge in [-0.05, 0) is 69.6 Å². The van der Waals surface area contributed by atoms with Gasteiger partial charge in [0.05, 0.1) is 32.1 Å². The van der Waals surface area contributed by atoms with E-state index in [1.54, 1.807) is 11.9 Å². The van der Waals surface area contributed by atoms with Gasteiger partial charge in [0.15, 0.2) is 0 Å². The van der Waals surface area contributed by atoms with Crippen molar-refractivity contribution in [2.45, 2.75) is 115 Å². The summed E-state index contributed by atoms with van der Waals surface area (Å²) in [7, 11) is 1.75. The molecule has 0 aromatic heterocycles. The Balaban J connectivity index is 1.03. The van der Waals surface area contributed by atoms with Gasteiger partial charge in [-0.3, -0.25) is 19.2 Å². The van der Waals surface area contributed by atoms with E-state index in [0.29, 0.717) is 38.2 Å². The van der Waals surface area contributed by atoms with E-state index in [2.05, 4.69) is 22.9 Å². The van der Waals surface area contributed by atoms with Gasteiger partial charge >= 0.3 is 12.0 Å². The molecule has 4 N–H and O–H groups in total. The van der Waals surface area contributed by atoms with E-state index in [4.69, 9.17) is 9.47 Å². The molecule has 13 heteroatoms. The van der Waals surface area contributed by atoms with Crippen molar-refractivity contribution in [3.8, 4) is 0 Å². The number of hydrogen-bond acceptors (Lipinski definition) is 7. The summed E-state index contributed by atoms with van der Waals surface area (Å²) in [5.41, 5.74) is 0. The fraction of sp³-hybridized carbons (Fsp3) is 0.857. The Morgan fingerprint density at radius 2 is 1.65 bits per heavy atom. The van der Waals surface area contributed by atoms with E-state index >= 15 is 0 Å². The van der Waals surface area contributed by atoms with Crippen LogP contribution < -0.4 is 20.9 Å². The average Bonchev–Trinajstić information content (AvgIpc) is 3.16. The van der Waals surface area contributed by atoms with Crippen molar-refractivity contribution in [1.82, 2.24) is 25.8 Å². The van der Waals surface area contributed by atoms with Crippen molar-refractivity contribution in [3.63, 3.8) is 0 Å². The molecule has 2 heterocycles. The van der Waals surface area contributed by atoms with Gasteiger partial charge in [0.1, 0.15) is 26.2 Å². The summed E-state index contributed by atoms with van der Waals surface area (Å²) < 4.78 is 10.8. The quantitative estimate of drug-likeness (QED) is 0.235. The maximum absolute atomic E-state index is 13.7. The summed E-state index contributed by atoms with van der Waals surface area (Å²) >= 11 is 0. The lowest BCUT2D eigenvalue weighted by Gasteiger charge is -2.39. The molecule has 48 heavy (non-hydrogen) atoms. The van der Waals surface area contributed by atoms with Gasteiger partial charge in [0, 0.05) is 44.2 Å². The highest BCUT2D eigenvalue weighted by Crippen LogP contribution is 2.33. The predicted molar refractivity (Wildman–Crippen MR) is 178 cm³/mol. The summed E-state index contributed by atoms with van der Waals surface area (Å²) in [5, 5.41) is 9.54. The predicted octanol–water partition coefficient (Wildman–Crippen LogP) is 0.616. The van der Waals surface area contributed by atoms with Crippen molar-refractivity contribution >= 4 is 29.7 Å². The first-order valence-electron chi connectivity index (χ1n) is 18.6. The molecular weight excluding hydrogens is 616 g/mol. The van der Waals surface area contributed by atoms with E-state index in [0.717, 1.165) is 65.0 Å². The minimum atomic E-state index is -0.425. The Morgan fingerprint density at radius 3 is 2.40 bits per heavy atom. The molecule has 5 unspecified atom stereocenters. The smallest absolute Gasteiger partial charge is 0.315 e. The number of morpholine rings is 1. The van der Waals surface area contributed by atoms with Crippen LogP contribution in [0.4, 0.5) is 4.79 Å². The van der Waals surface area contributed by atoms with E-state index in [9.17, 15) is 24.0 Å². The fourth-order valence-corrected chi connectivity index (χ4v) is 8.48. The molecule has 5 fully saturated rings. The highest BCUT2D eigenvalue weighted by Gasteiger charge is 2.44. The zero-order valence-corrected chi connectivity index (χ0v) is 29.1. The van der Waals surface area contributed by atoms with Gasteiger partial charge in [0.2, 0.25) is 17.7 Å². The second-order valence-electron chi connectivity index (χ2n) is 15.0. The van der Waals surface area contributed by atoms with Gasteiger partial charge < -0.3 is 40.1 Å². The molecule has 0 aromatic carbocycles. The van der Waals surface area contributed by atoms with Crippen molar-refractivity contribution in [1.29, 1.82) is 0 Å². The van der Waals surface area contributed by atoms with Crippen molar-refractivity contribution in [3.05, 3.63) is 0 Å². The van der Waals surface area contributed by atoms with Gasteiger partial charge in [-0.15, -0.1) is 0 Å². The highest BCUT2D eigenvalue weighted by molar-refractivity contribution is 5.89. The molecule has 2 saturated heterocycles. The van der Waals surface area contributed by atoms with Gasteiger partial charge in [-0.2, -0.15) is 0 Å².